The van der Waals surface area contributed by atoms with Crippen molar-refractivity contribution in [3.8, 4) is 5.75 Å². The lowest BCUT2D eigenvalue weighted by Crippen LogP contribution is -2.38. The Morgan fingerprint density at radius 2 is 1.82 bits per heavy atom. The third kappa shape index (κ3) is 5.05. The Morgan fingerprint density at radius 1 is 1.06 bits per heavy atom. The first-order chi connectivity index (χ1) is 16.5. The van der Waals surface area contributed by atoms with Gasteiger partial charge in [-0.1, -0.05) is 18.2 Å². The van der Waals surface area contributed by atoms with E-state index in [0.29, 0.717) is 23.5 Å². The Morgan fingerprint density at radius 3 is 2.53 bits per heavy atom. The highest BCUT2D eigenvalue weighted by Gasteiger charge is 2.39. The summed E-state index contributed by atoms with van der Waals surface area (Å²) in [5.74, 6) is -1.33. The van der Waals surface area contributed by atoms with Crippen LogP contribution in [0.15, 0.2) is 66.0 Å². The predicted molar refractivity (Wildman–Crippen MR) is 126 cm³/mol. The minimum absolute atomic E-state index is 0.0685. The van der Waals surface area contributed by atoms with Crippen molar-refractivity contribution in [1.29, 1.82) is 0 Å². The summed E-state index contributed by atoms with van der Waals surface area (Å²) in [6, 6.07) is 15.9. The topological polar surface area (TPSA) is 102 Å². The molecule has 1 aliphatic rings. The summed E-state index contributed by atoms with van der Waals surface area (Å²) in [6.45, 7) is 0.0647. The van der Waals surface area contributed by atoms with Gasteiger partial charge in [0.2, 0.25) is 11.7 Å². The Bertz CT molecular complexity index is 1210. The van der Waals surface area contributed by atoms with Crippen LogP contribution in [0.2, 0.25) is 0 Å². The summed E-state index contributed by atoms with van der Waals surface area (Å²) in [5, 5.41) is 5.08. The Labute approximate surface area is 200 Å². The Hall–Kier alpha value is -3.82. The second kappa shape index (κ2) is 10.4. The van der Waals surface area contributed by atoms with Gasteiger partial charge in [0, 0.05) is 11.4 Å². The zero-order valence-electron chi connectivity index (χ0n) is 18.4. The largest absolute Gasteiger partial charge is 0.496 e. The first kappa shape index (κ1) is 23.3. The van der Waals surface area contributed by atoms with Crippen molar-refractivity contribution in [3.05, 3.63) is 82.0 Å². The molecule has 1 aromatic heterocycles. The average Bonchev–Trinajstić information content (AvgIpc) is 3.48. The zero-order chi connectivity index (χ0) is 24.1. The quantitative estimate of drug-likeness (QED) is 0.286. The van der Waals surface area contributed by atoms with Crippen LogP contribution in [0.25, 0.3) is 0 Å². The molecule has 2 heterocycles. The third-order valence-electron chi connectivity index (χ3n) is 5.35. The van der Waals surface area contributed by atoms with Crippen molar-refractivity contribution in [3.63, 3.8) is 0 Å². The number of hydrogen-bond acceptors (Lipinski definition) is 8. The standard InChI is InChI=1S/C25H22N2O6S/c1-32-22-7-3-2-6-19(22)21(28)15-33-25(31)16-8-10-17(11-9-16)27-23(29)13-20(24(27)30)26-14-18-5-4-12-34-18/h2-12,20,26H,13-15H2,1H3. The van der Waals surface area contributed by atoms with E-state index in [-0.39, 0.29) is 23.8 Å². The van der Waals surface area contributed by atoms with Crippen molar-refractivity contribution in [2.75, 3.05) is 18.6 Å². The van der Waals surface area contributed by atoms with Gasteiger partial charge in [0.15, 0.2) is 6.61 Å². The number of para-hydroxylation sites is 1. The number of benzene rings is 2. The van der Waals surface area contributed by atoms with Crippen LogP contribution >= 0.6 is 11.3 Å². The minimum Gasteiger partial charge on any atom is -0.496 e. The molecule has 2 aromatic carbocycles. The normalized spacial score (nSPS) is 15.4. The number of thiophene rings is 1. The molecule has 0 bridgehead atoms. The van der Waals surface area contributed by atoms with E-state index in [9.17, 15) is 19.2 Å². The highest BCUT2D eigenvalue weighted by atomic mass is 32.1. The molecule has 3 aromatic rings. The summed E-state index contributed by atoms with van der Waals surface area (Å²) in [5.41, 5.74) is 0.890. The summed E-state index contributed by atoms with van der Waals surface area (Å²) >= 11 is 1.57. The summed E-state index contributed by atoms with van der Waals surface area (Å²) in [4.78, 5) is 52.2. The number of nitrogens with one attached hydrogen (secondary N) is 1. The molecule has 1 atom stereocenters. The summed E-state index contributed by atoms with van der Waals surface area (Å²) in [7, 11) is 1.46. The fourth-order valence-corrected chi connectivity index (χ4v) is 4.27. The van der Waals surface area contributed by atoms with E-state index in [1.54, 1.807) is 35.6 Å². The van der Waals surface area contributed by atoms with Gasteiger partial charge in [-0.15, -0.1) is 11.3 Å². The van der Waals surface area contributed by atoms with Crippen LogP contribution in [0.3, 0.4) is 0 Å². The van der Waals surface area contributed by atoms with Crippen LogP contribution in [-0.4, -0.2) is 43.3 Å². The van der Waals surface area contributed by atoms with Crippen LogP contribution in [0.5, 0.6) is 5.75 Å². The molecule has 8 nitrogen and oxygen atoms in total. The number of esters is 1. The average molecular weight is 479 g/mol. The number of carbonyl (C=O) groups excluding carboxylic acids is 4. The number of methoxy groups -OCH3 is 1. The molecule has 1 N–H and O–H groups in total. The van der Waals surface area contributed by atoms with Gasteiger partial charge in [-0.25, -0.2) is 9.69 Å². The van der Waals surface area contributed by atoms with Crippen molar-refractivity contribution >= 4 is 40.6 Å². The molecule has 1 fully saturated rings. The number of nitrogens with zero attached hydrogens (tertiary/aromatic N) is 1. The maximum atomic E-state index is 12.8. The minimum atomic E-state index is -0.690. The number of anilines is 1. The maximum absolute atomic E-state index is 12.8. The molecular weight excluding hydrogens is 456 g/mol. The van der Waals surface area contributed by atoms with E-state index in [0.717, 1.165) is 9.78 Å². The van der Waals surface area contributed by atoms with Gasteiger partial charge < -0.3 is 14.8 Å². The molecular formula is C25H22N2O6S. The Balaban J connectivity index is 1.35. The smallest absolute Gasteiger partial charge is 0.338 e. The highest BCUT2D eigenvalue weighted by Crippen LogP contribution is 2.24. The molecule has 4 rings (SSSR count). The summed E-state index contributed by atoms with van der Waals surface area (Å²) in [6.07, 6.45) is 0.0685. The van der Waals surface area contributed by atoms with Gasteiger partial charge in [-0.3, -0.25) is 14.4 Å². The fourth-order valence-electron chi connectivity index (χ4n) is 3.61. The first-order valence-electron chi connectivity index (χ1n) is 10.5. The van der Waals surface area contributed by atoms with E-state index in [1.165, 1.54) is 31.4 Å². The van der Waals surface area contributed by atoms with Gasteiger partial charge in [0.05, 0.1) is 36.4 Å². The van der Waals surface area contributed by atoms with Gasteiger partial charge >= 0.3 is 5.97 Å². The molecule has 174 valence electrons. The molecule has 0 saturated carbocycles. The second-order valence-electron chi connectivity index (χ2n) is 7.53. The monoisotopic (exact) mass is 478 g/mol. The molecule has 9 heteroatoms. The van der Waals surface area contributed by atoms with Gasteiger partial charge in [0.25, 0.3) is 5.91 Å². The predicted octanol–water partition coefficient (Wildman–Crippen LogP) is 3.22. The number of hydrogen-bond donors (Lipinski definition) is 1. The van der Waals surface area contributed by atoms with E-state index in [1.807, 2.05) is 17.5 Å². The van der Waals surface area contributed by atoms with E-state index in [2.05, 4.69) is 5.32 Å². The van der Waals surface area contributed by atoms with E-state index < -0.39 is 24.4 Å². The molecule has 1 saturated heterocycles. The lowest BCUT2D eigenvalue weighted by Gasteiger charge is -2.16. The summed E-state index contributed by atoms with van der Waals surface area (Å²) < 4.78 is 10.3. The van der Waals surface area contributed by atoms with Crippen LogP contribution in [-0.2, 0) is 20.9 Å². The number of carbonyl (C=O) groups is 4. The molecule has 0 aliphatic carbocycles. The van der Waals surface area contributed by atoms with Gasteiger partial charge in [0.1, 0.15) is 5.75 Å². The van der Waals surface area contributed by atoms with E-state index >= 15 is 0 Å². The molecule has 0 spiro atoms. The van der Waals surface area contributed by atoms with E-state index in [4.69, 9.17) is 9.47 Å². The fraction of sp³-hybridized carbons (Fsp3) is 0.200. The zero-order valence-corrected chi connectivity index (χ0v) is 19.2. The molecule has 34 heavy (non-hydrogen) atoms. The number of imide groups is 1. The molecule has 1 aliphatic heterocycles. The van der Waals surface area contributed by atoms with Crippen molar-refractivity contribution in [2.24, 2.45) is 0 Å². The number of amides is 2. The van der Waals surface area contributed by atoms with Crippen LogP contribution in [0.4, 0.5) is 5.69 Å². The molecule has 1 unspecified atom stereocenters. The lowest BCUT2D eigenvalue weighted by molar-refractivity contribution is -0.121. The van der Waals surface area contributed by atoms with Crippen LogP contribution in [0.1, 0.15) is 32.0 Å². The highest BCUT2D eigenvalue weighted by molar-refractivity contribution is 7.09. The first-order valence-corrected chi connectivity index (χ1v) is 11.4. The van der Waals surface area contributed by atoms with Crippen LogP contribution in [0, 0.1) is 0 Å². The number of rotatable bonds is 9. The van der Waals surface area contributed by atoms with Gasteiger partial charge in [-0.2, -0.15) is 0 Å². The SMILES string of the molecule is COc1ccccc1C(=O)COC(=O)c1ccc(N2C(=O)CC(NCc3cccs3)C2=O)cc1. The number of ketones is 1. The van der Waals surface area contributed by atoms with Crippen LogP contribution < -0.4 is 15.0 Å². The molecule has 2 amide bonds. The maximum Gasteiger partial charge on any atom is 0.338 e. The van der Waals surface area contributed by atoms with Crippen molar-refractivity contribution < 1.29 is 28.7 Å². The van der Waals surface area contributed by atoms with Crippen molar-refractivity contribution in [1.82, 2.24) is 5.32 Å². The second-order valence-corrected chi connectivity index (χ2v) is 8.56. The molecule has 0 radical (unpaired) electrons. The Kier molecular flexibility index (Phi) is 7.15. The number of Topliss-reactive ketones (excluding diaryl/α,β-unsaturated/α-hetero) is 1. The number of ether oxygens (including phenoxy) is 2. The van der Waals surface area contributed by atoms with Gasteiger partial charge in [-0.05, 0) is 47.8 Å². The lowest BCUT2D eigenvalue weighted by atomic mass is 10.1. The van der Waals surface area contributed by atoms with Crippen molar-refractivity contribution in [2.45, 2.75) is 19.0 Å². The third-order valence-corrected chi connectivity index (χ3v) is 6.23.